The van der Waals surface area contributed by atoms with Gasteiger partial charge < -0.3 is 4.90 Å². The Hall–Kier alpha value is -1.19. The van der Waals surface area contributed by atoms with Crippen molar-refractivity contribution in [1.29, 1.82) is 0 Å². The number of hydrogen-bond acceptors (Lipinski definition) is 2. The van der Waals surface area contributed by atoms with Crippen LogP contribution >= 0.6 is 0 Å². The van der Waals surface area contributed by atoms with E-state index >= 15 is 0 Å². The van der Waals surface area contributed by atoms with Crippen LogP contribution in [-0.4, -0.2) is 23.9 Å². The lowest BCUT2D eigenvalue weighted by atomic mass is 10.4. The first-order valence-electron chi connectivity index (χ1n) is 3.31. The predicted octanol–water partition coefficient (Wildman–Crippen LogP) is 0.387. The average molecular weight is 134 g/mol. The molecule has 1 heterocycles. The van der Waals surface area contributed by atoms with Crippen LogP contribution in [0.25, 0.3) is 0 Å². The largest absolute Gasteiger partial charge is 0.356 e. The second-order valence-corrected chi connectivity index (χ2v) is 2.27. The summed E-state index contributed by atoms with van der Waals surface area (Å²) in [7, 11) is 0. The van der Waals surface area contributed by atoms with Crippen molar-refractivity contribution in [2.24, 2.45) is 0 Å². The van der Waals surface area contributed by atoms with Crippen molar-refractivity contribution < 1.29 is 4.79 Å². The maximum atomic E-state index is 10.1. The summed E-state index contributed by atoms with van der Waals surface area (Å²) in [4.78, 5) is 12.0. The molecule has 0 saturated carbocycles. The van der Waals surface area contributed by atoms with Crippen molar-refractivity contribution in [3.8, 4) is 5.92 Å². The van der Waals surface area contributed by atoms with Gasteiger partial charge in [0.25, 0.3) is 0 Å². The van der Waals surface area contributed by atoms with E-state index in [2.05, 4.69) is 5.92 Å². The van der Waals surface area contributed by atoms with Crippen LogP contribution in [0, 0.1) is 12.3 Å². The molecule has 10 heavy (non-hydrogen) atoms. The summed E-state index contributed by atoms with van der Waals surface area (Å²) in [5, 5.41) is 0. The van der Waals surface area contributed by atoms with Crippen molar-refractivity contribution in [1.82, 2.24) is 4.90 Å². The SMILES string of the molecule is [C]#CC(=C=O)N1CCCC1. The molecule has 2 nitrogen and oxygen atoms in total. The van der Waals surface area contributed by atoms with E-state index in [1.807, 2.05) is 4.90 Å². The van der Waals surface area contributed by atoms with Crippen LogP contribution < -0.4 is 0 Å². The summed E-state index contributed by atoms with van der Waals surface area (Å²) in [6.07, 6.45) is 8.94. The predicted molar refractivity (Wildman–Crippen MR) is 37.1 cm³/mol. The highest BCUT2D eigenvalue weighted by Crippen LogP contribution is 2.11. The lowest BCUT2D eigenvalue weighted by Crippen LogP contribution is -2.17. The Morgan fingerprint density at radius 2 is 2.00 bits per heavy atom. The maximum absolute atomic E-state index is 10.1. The highest BCUT2D eigenvalue weighted by molar-refractivity contribution is 5.58. The van der Waals surface area contributed by atoms with Crippen molar-refractivity contribution in [3.63, 3.8) is 0 Å². The van der Waals surface area contributed by atoms with Gasteiger partial charge >= 0.3 is 0 Å². The monoisotopic (exact) mass is 134 g/mol. The van der Waals surface area contributed by atoms with Gasteiger partial charge in [-0.2, -0.15) is 0 Å². The van der Waals surface area contributed by atoms with Gasteiger partial charge in [0, 0.05) is 13.1 Å². The summed E-state index contributed by atoms with van der Waals surface area (Å²) < 4.78 is 0. The third-order valence-electron chi connectivity index (χ3n) is 1.64. The molecule has 0 bridgehead atoms. The normalized spacial score (nSPS) is 16.1. The molecule has 1 fully saturated rings. The van der Waals surface area contributed by atoms with Crippen LogP contribution in [0.15, 0.2) is 5.70 Å². The quantitative estimate of drug-likeness (QED) is 0.382. The molecule has 0 atom stereocenters. The molecule has 1 rings (SSSR count). The van der Waals surface area contributed by atoms with Crippen LogP contribution in [-0.2, 0) is 4.79 Å². The molecule has 51 valence electrons. The van der Waals surface area contributed by atoms with Crippen molar-refractivity contribution in [2.75, 3.05) is 13.1 Å². The summed E-state index contributed by atoms with van der Waals surface area (Å²) in [6, 6.07) is 0. The van der Waals surface area contributed by atoms with Crippen LogP contribution in [0.3, 0.4) is 0 Å². The topological polar surface area (TPSA) is 20.3 Å². The van der Waals surface area contributed by atoms with Gasteiger partial charge in [0.2, 0.25) is 0 Å². The molecule has 1 aliphatic rings. The van der Waals surface area contributed by atoms with Gasteiger partial charge in [-0.25, -0.2) is 4.79 Å². The Labute approximate surface area is 60.5 Å². The summed E-state index contributed by atoms with van der Waals surface area (Å²) >= 11 is 0. The van der Waals surface area contributed by atoms with Gasteiger partial charge in [-0.3, -0.25) is 0 Å². The van der Waals surface area contributed by atoms with E-state index < -0.39 is 0 Å². The molecule has 0 aromatic rings. The second kappa shape index (κ2) is 3.10. The van der Waals surface area contributed by atoms with Gasteiger partial charge in [0.1, 0.15) is 0 Å². The van der Waals surface area contributed by atoms with Gasteiger partial charge in [-0.15, -0.1) is 0 Å². The Morgan fingerprint density at radius 1 is 1.40 bits per heavy atom. The van der Waals surface area contributed by atoms with E-state index in [-0.39, 0.29) is 5.70 Å². The zero-order valence-corrected chi connectivity index (χ0v) is 5.68. The highest BCUT2D eigenvalue weighted by atomic mass is 16.1. The van der Waals surface area contributed by atoms with Crippen LogP contribution in [0.2, 0.25) is 0 Å². The van der Waals surface area contributed by atoms with Gasteiger partial charge in [0.15, 0.2) is 11.6 Å². The molecular formula is C8H8NO. The number of likely N-dealkylation sites (tertiary alicyclic amines) is 1. The molecule has 0 aromatic carbocycles. The lowest BCUT2D eigenvalue weighted by Gasteiger charge is -2.11. The summed E-state index contributed by atoms with van der Waals surface area (Å²) in [6.45, 7) is 1.74. The first-order chi connectivity index (χ1) is 4.88. The molecule has 0 aromatic heterocycles. The third-order valence-corrected chi connectivity index (χ3v) is 1.64. The maximum Gasteiger partial charge on any atom is 0.175 e. The molecule has 2 heteroatoms. The fraction of sp³-hybridized carbons (Fsp3) is 0.500. The van der Waals surface area contributed by atoms with E-state index in [0.717, 1.165) is 25.9 Å². The smallest absolute Gasteiger partial charge is 0.175 e. The van der Waals surface area contributed by atoms with Crippen LogP contribution in [0.4, 0.5) is 0 Å². The number of rotatable bonds is 1. The van der Waals surface area contributed by atoms with Gasteiger partial charge in [0.05, 0.1) is 0 Å². The number of hydrogen-bond donors (Lipinski definition) is 0. The molecule has 1 radical (unpaired) electrons. The molecule has 1 saturated heterocycles. The Balaban J connectivity index is 2.64. The van der Waals surface area contributed by atoms with E-state index in [4.69, 9.17) is 6.42 Å². The zero-order chi connectivity index (χ0) is 7.40. The molecule has 0 spiro atoms. The Morgan fingerprint density at radius 3 is 2.40 bits per heavy atom. The minimum atomic E-state index is 0.262. The van der Waals surface area contributed by atoms with Crippen molar-refractivity contribution >= 4 is 5.94 Å². The Bertz CT molecular complexity index is 202. The molecule has 0 aliphatic carbocycles. The standard InChI is InChI=1S/C8H8NO/c1-2-8(7-10)9-5-3-4-6-9/h3-6H2. The first kappa shape index (κ1) is 6.92. The second-order valence-electron chi connectivity index (χ2n) is 2.27. The van der Waals surface area contributed by atoms with E-state index in [1.54, 1.807) is 5.94 Å². The first-order valence-corrected chi connectivity index (χ1v) is 3.31. The van der Waals surface area contributed by atoms with E-state index in [0.29, 0.717) is 0 Å². The van der Waals surface area contributed by atoms with Gasteiger partial charge in [-0.05, 0) is 25.2 Å². The molecule has 0 N–H and O–H groups in total. The van der Waals surface area contributed by atoms with Crippen LogP contribution in [0.1, 0.15) is 12.8 Å². The van der Waals surface area contributed by atoms with Gasteiger partial charge in [-0.1, -0.05) is 0 Å². The van der Waals surface area contributed by atoms with E-state index in [1.165, 1.54) is 0 Å². The molecule has 1 aliphatic heterocycles. The third kappa shape index (κ3) is 1.21. The number of allylic oxidation sites excluding steroid dienone is 1. The fourth-order valence-electron chi connectivity index (χ4n) is 1.11. The Kier molecular flexibility index (Phi) is 2.15. The molecule has 0 amide bonds. The van der Waals surface area contributed by atoms with Crippen molar-refractivity contribution in [3.05, 3.63) is 12.1 Å². The van der Waals surface area contributed by atoms with Crippen LogP contribution in [0.5, 0.6) is 0 Å². The number of carbonyl (C=O) groups excluding carboxylic acids is 1. The lowest BCUT2D eigenvalue weighted by molar-refractivity contribution is 0.443. The van der Waals surface area contributed by atoms with E-state index in [9.17, 15) is 4.79 Å². The molecule has 0 unspecified atom stereocenters. The molecular weight excluding hydrogens is 126 g/mol. The zero-order valence-electron chi connectivity index (χ0n) is 5.68. The highest BCUT2D eigenvalue weighted by Gasteiger charge is 2.13. The van der Waals surface area contributed by atoms with Crippen molar-refractivity contribution in [2.45, 2.75) is 12.8 Å². The average Bonchev–Trinajstić information content (AvgIpc) is 2.43. The summed E-state index contributed by atoms with van der Waals surface area (Å²) in [5.74, 6) is 3.75. The summed E-state index contributed by atoms with van der Waals surface area (Å²) in [5.41, 5.74) is 0.262. The fourth-order valence-corrected chi connectivity index (χ4v) is 1.11. The minimum Gasteiger partial charge on any atom is -0.356 e. The number of nitrogens with zero attached hydrogens (tertiary/aromatic N) is 1. The minimum absolute atomic E-state index is 0.262.